The lowest BCUT2D eigenvalue weighted by Gasteiger charge is -2.39. The molecule has 0 spiro atoms. The van der Waals surface area contributed by atoms with Crippen molar-refractivity contribution in [2.24, 2.45) is 0 Å². The number of benzene rings is 6. The molecule has 9 rings (SSSR count). The molecular formula is C90H137F9N8O10S4. The number of alkyl halides is 9. The Kier molecular flexibility index (Phi) is 44.9. The number of rotatable bonds is 25. The van der Waals surface area contributed by atoms with Gasteiger partial charge < -0.3 is 39.1 Å². The monoisotopic (exact) mass is 1790 g/mol. The van der Waals surface area contributed by atoms with Gasteiger partial charge in [-0.05, 0) is 131 Å². The maximum atomic E-state index is 13.9. The van der Waals surface area contributed by atoms with Crippen LogP contribution in [0.1, 0.15) is 138 Å². The minimum atomic E-state index is -7.87. The number of aromatic nitrogens is 2. The number of terminal acetylenes is 2. The summed E-state index contributed by atoms with van der Waals surface area (Å²) in [4.78, 5) is 27.1. The van der Waals surface area contributed by atoms with Crippen molar-refractivity contribution in [2.45, 2.75) is 161 Å². The number of likely N-dealkylation sites (tertiary alicyclic amines) is 1. The molecule has 2 aliphatic rings. The summed E-state index contributed by atoms with van der Waals surface area (Å²) < 4.78 is 192. The number of nitrogens with one attached hydrogen (secondary N) is 2. The summed E-state index contributed by atoms with van der Waals surface area (Å²) in [6.07, 6.45) is 21.6. The number of amides is 1. The summed E-state index contributed by atoms with van der Waals surface area (Å²) in [6, 6.07) is 68.3. The second-order valence-electron chi connectivity index (χ2n) is 27.6. The van der Waals surface area contributed by atoms with Crippen molar-refractivity contribution < 1.29 is 115 Å². The summed E-state index contributed by atoms with van der Waals surface area (Å²) in [5.74, 6) is 22.3. The quantitative estimate of drug-likeness (QED) is 0.0159. The van der Waals surface area contributed by atoms with Gasteiger partial charge in [-0.2, -0.15) is 43.8 Å². The number of imidazole rings is 1. The van der Waals surface area contributed by atoms with Gasteiger partial charge in [0.25, 0.3) is 10.0 Å². The van der Waals surface area contributed by atoms with Crippen LogP contribution >= 0.6 is 0 Å². The third-order valence-corrected chi connectivity index (χ3v) is 24.5. The Bertz CT molecular complexity index is 4990. The van der Waals surface area contributed by atoms with Gasteiger partial charge in [0.2, 0.25) is 0 Å². The molecule has 18 nitrogen and oxygen atoms in total. The minimum Gasteiger partial charge on any atom is -0.870 e. The Morgan fingerprint density at radius 2 is 0.901 bits per heavy atom. The van der Waals surface area contributed by atoms with E-state index >= 15 is 0 Å². The van der Waals surface area contributed by atoms with Gasteiger partial charge in [-0.1, -0.05) is 199 Å². The number of carbonyl (C=O) groups excluding carboxylic acids is 1. The number of quaternary nitrogens is 1. The van der Waals surface area contributed by atoms with Gasteiger partial charge in [-0.15, -0.1) is 12.8 Å². The number of aliphatic hydroxyl groups excluding tert-OH is 1. The fourth-order valence-electron chi connectivity index (χ4n) is 11.1. The maximum absolute atomic E-state index is 13.9. The van der Waals surface area contributed by atoms with Gasteiger partial charge in [-0.3, -0.25) is 4.90 Å². The second kappa shape index (κ2) is 51.9. The number of nitrogens with zero attached hydrogens (tertiary/aromatic N) is 6. The zero-order valence-corrected chi connectivity index (χ0v) is 71.8. The molecule has 7 aromatic rings. The highest BCUT2D eigenvalue weighted by Gasteiger charge is 2.81. The van der Waals surface area contributed by atoms with E-state index in [4.69, 9.17) is 22.6 Å². The number of unbranched alkanes of at least 4 members (excludes halogenated alkanes) is 4. The molecule has 0 bridgehead atoms. The van der Waals surface area contributed by atoms with E-state index in [0.717, 1.165) is 33.9 Å². The lowest BCUT2D eigenvalue weighted by atomic mass is 10.1. The number of hydrogen-bond acceptors (Lipinski definition) is 13. The van der Waals surface area contributed by atoms with E-state index in [2.05, 4.69) is 249 Å². The lowest BCUT2D eigenvalue weighted by molar-refractivity contribution is -0.929. The van der Waals surface area contributed by atoms with E-state index in [1.807, 2.05) is 75.4 Å². The van der Waals surface area contributed by atoms with Crippen LogP contribution in [0.5, 0.6) is 0 Å². The van der Waals surface area contributed by atoms with Crippen LogP contribution < -0.4 is 5.32 Å². The van der Waals surface area contributed by atoms with Crippen LogP contribution in [-0.2, 0) is 45.7 Å². The number of carbonyl (C=O) groups is 1. The molecule has 6 aromatic carbocycles. The number of sulfonamides is 3. The van der Waals surface area contributed by atoms with E-state index < -0.39 is 70.7 Å². The van der Waals surface area contributed by atoms with Gasteiger partial charge >= 0.3 is 28.0 Å². The first-order valence-electron chi connectivity index (χ1n) is 38.3. The Labute approximate surface area is 737 Å². The van der Waals surface area contributed by atoms with Crippen molar-refractivity contribution in [2.75, 3.05) is 72.5 Å². The molecule has 3 heterocycles. The Morgan fingerprint density at radius 1 is 0.545 bits per heavy atom. The van der Waals surface area contributed by atoms with Crippen molar-refractivity contribution in [1.82, 2.24) is 29.4 Å². The third kappa shape index (κ3) is 33.7. The van der Waals surface area contributed by atoms with Crippen molar-refractivity contribution >= 4 is 47.1 Å². The van der Waals surface area contributed by atoms with Crippen molar-refractivity contribution in [3.8, 4) is 130 Å². The highest BCUT2D eigenvalue weighted by atomic mass is 32.3. The Balaban J connectivity index is -0.0000000919. The molecule has 1 amide bonds. The lowest BCUT2D eigenvalue weighted by Crippen LogP contribution is -2.64. The fraction of sp³-hybridized carbons (Fsp3) is 0.378. The molecule has 1 aromatic heterocycles. The van der Waals surface area contributed by atoms with E-state index in [-0.39, 0.29) is 71.6 Å². The van der Waals surface area contributed by atoms with Crippen LogP contribution in [0.4, 0.5) is 44.3 Å². The number of hydrogen-bond donors (Lipinski definition) is 3. The van der Waals surface area contributed by atoms with E-state index in [1.165, 1.54) is 102 Å². The highest BCUT2D eigenvalue weighted by Crippen LogP contribution is 2.54. The van der Waals surface area contributed by atoms with Gasteiger partial charge in [-0.25, -0.2) is 35.0 Å². The summed E-state index contributed by atoms with van der Waals surface area (Å²) in [5, 5.41) is -2.59. The number of piperidine rings is 1. The van der Waals surface area contributed by atoms with Crippen LogP contribution in [0, 0.1) is 96.0 Å². The molecule has 0 atom stereocenters. The summed E-state index contributed by atoms with van der Waals surface area (Å²) in [5.41, 5.74) is -1.72. The molecule has 2 aliphatic heterocycles. The third-order valence-electron chi connectivity index (χ3n) is 17.2. The Morgan fingerprint density at radius 3 is 1.26 bits per heavy atom. The van der Waals surface area contributed by atoms with Crippen molar-refractivity contribution in [3.63, 3.8) is 0 Å². The first-order chi connectivity index (χ1) is 56.9. The number of aliphatic hydroxyl groups is 1. The Hall–Kier alpha value is -10.6. The summed E-state index contributed by atoms with van der Waals surface area (Å²) in [6.45, 7) is 19.2. The van der Waals surface area contributed by atoms with Gasteiger partial charge in [0.15, 0.2) is 34.7 Å². The van der Waals surface area contributed by atoms with Crippen LogP contribution in [0.2, 0.25) is 0 Å². The van der Waals surface area contributed by atoms with Crippen molar-refractivity contribution in [1.29, 1.82) is 0 Å². The predicted molar refractivity (Wildman–Crippen MR) is 496 cm³/mol. The zero-order chi connectivity index (χ0) is 89.0. The van der Waals surface area contributed by atoms with Crippen LogP contribution in [-0.4, -0.2) is 177 Å². The predicted octanol–water partition coefficient (Wildman–Crippen LogP) is 21.5. The second-order valence-corrected chi connectivity index (χ2v) is 35.0. The molecule has 31 heteroatoms. The van der Waals surface area contributed by atoms with Crippen LogP contribution in [0.3, 0.4) is 0 Å². The molecular weight excluding hydrogens is 1650 g/mol. The molecule has 0 saturated carbocycles. The largest absolute Gasteiger partial charge is 0.870 e. The minimum absolute atomic E-state index is 0. The molecule has 0 aliphatic carbocycles. The normalized spacial score (nSPS) is 12.9. The van der Waals surface area contributed by atoms with Crippen LogP contribution in [0.25, 0.3) is 38.0 Å². The van der Waals surface area contributed by atoms with E-state index in [9.17, 15) is 74.7 Å². The number of aromatic amines is 1. The molecule has 684 valence electrons. The van der Waals surface area contributed by atoms with E-state index in [0.29, 0.717) is 30.1 Å². The SMILES string of the molecule is C#CC#CC#CC#CN(C)C#CC#CC#CC#C.CC(C)(C)OC(=O)N1CCC(O)CC1.CCCC[N+](CCCC)(CCCC)CCCC.O=S(=O)([N-]S(=O)(=O)C(F)(F)C(F)(F)C(F)(F)S(=O)(=O)N1CCNCC1)C(F)(F)F.[HH].[HH].[HH].[HH].[HH].[HH].[HH].[HH].[HH].[HH].[HH].[HH].[HH].[HH].[HH].[HH].[HH].[HH].[OH-].c1ccc(-c2nc(-c3ccccc3)c(-c3ccccc3)[nH]2)cc1.c1ccc([S+](c2ccccc2)c2ccccc2)cc1. The van der Waals surface area contributed by atoms with Crippen LogP contribution in [0.15, 0.2) is 197 Å². The first-order valence-corrected chi connectivity index (χ1v) is 43.9. The smallest absolute Gasteiger partial charge is 0.480 e. The fourth-order valence-corrected chi connectivity index (χ4v) is 16.9. The van der Waals surface area contributed by atoms with Gasteiger partial charge in [0, 0.05) is 136 Å². The average Bonchev–Trinajstić information content (AvgIpc) is 0.950. The number of ether oxygens (including phenoxy) is 1. The van der Waals surface area contributed by atoms with Gasteiger partial charge in [0.05, 0.1) is 54.6 Å². The molecule has 2 saturated heterocycles. The first kappa shape index (κ1) is 105. The number of halogens is 9. The maximum Gasteiger partial charge on any atom is 0.480 e. The van der Waals surface area contributed by atoms with Gasteiger partial charge in [0.1, 0.15) is 11.4 Å². The molecule has 121 heavy (non-hydrogen) atoms. The molecule has 4 N–H and O–H groups in total. The zero-order valence-electron chi connectivity index (χ0n) is 68.6. The molecule has 0 unspecified atom stereocenters. The molecule has 0 radical (unpaired) electrons. The summed E-state index contributed by atoms with van der Waals surface area (Å²) >= 11 is 0. The molecule has 2 fully saturated rings. The number of H-pyrrole nitrogens is 1. The average molecular weight is 1790 g/mol. The highest BCUT2D eigenvalue weighted by molar-refractivity contribution is 8.13. The van der Waals surface area contributed by atoms with E-state index in [1.54, 1.807) is 11.9 Å². The topological polar surface area (TPSA) is 243 Å². The number of piperazine rings is 1. The van der Waals surface area contributed by atoms with Crippen molar-refractivity contribution in [3.05, 3.63) is 186 Å². The standard InChI is InChI=1S/C21H16N2.C18H15S.C17H5N.C16H36N.C10H19NO3.C8H9F9N3O6S3.H2O.18H2/c1-4-10-16(11-5-1)19-20(17-12-6-2-7-13-17)23-21(22-19)18-14-8-3-9-15-18;1-4-10-16(11-5-1)19(17-12-6-2-7-13-17)18-14-8-3-9-15-18;1-4-6-8-10-12-14-16-18(3)17-15-13-11-9-7-5-2;1-5-9-13-17(14-10-6-2,15-11-7-3)16-12-8-4;1-10(2,3)14-9(13)11-6-4-8(12)5-7-11;9-5(10,7(13,14)29(25,26)20-3-1-18-2-4-20)6(11,12)27(21,22)19-28(23,24)8(15,16)17;;;;;;;;;;;;;;;;;;;/h1-15H,(H,22,23);1-15H;1-2H,3H3;5-16H2,1-4H3;8,12H,4-7H2,1-3H3;18H,1-4H2;1H2;18*1H/q;+1;;+1;;-1;;;;;;;;;;;;;;;;;;;/p-1. The summed E-state index contributed by atoms with van der Waals surface area (Å²) in [7, 11) is -20.3.